The van der Waals surface area contributed by atoms with Gasteiger partial charge in [0.15, 0.2) is 5.58 Å². The maximum atomic E-state index is 12.6. The summed E-state index contributed by atoms with van der Waals surface area (Å²) in [5.41, 5.74) is 3.50. The Morgan fingerprint density at radius 3 is 2.96 bits per heavy atom. The third-order valence-electron chi connectivity index (χ3n) is 4.41. The van der Waals surface area contributed by atoms with E-state index < -0.39 is 0 Å². The van der Waals surface area contributed by atoms with Crippen molar-refractivity contribution in [1.29, 1.82) is 0 Å². The van der Waals surface area contributed by atoms with Gasteiger partial charge in [0.25, 0.3) is 5.56 Å². The van der Waals surface area contributed by atoms with Gasteiger partial charge in [0.2, 0.25) is 11.8 Å². The summed E-state index contributed by atoms with van der Waals surface area (Å²) in [6.45, 7) is 1.13. The van der Waals surface area contributed by atoms with Gasteiger partial charge in [0, 0.05) is 32.4 Å². The quantitative estimate of drug-likeness (QED) is 0.719. The van der Waals surface area contributed by atoms with Crippen LogP contribution in [0.25, 0.3) is 11.1 Å². The SMILES string of the molecule is Cn1cc2c(cc1=O)CCN(C(=O)Cc1nc3ccccc3o1)C2. The summed E-state index contributed by atoms with van der Waals surface area (Å²) < 4.78 is 7.18. The van der Waals surface area contributed by atoms with Crippen molar-refractivity contribution in [3.63, 3.8) is 0 Å². The molecular formula is C18H17N3O3. The second-order valence-electron chi connectivity index (χ2n) is 6.09. The number of para-hydroxylation sites is 2. The zero-order valence-corrected chi connectivity index (χ0v) is 13.4. The number of rotatable bonds is 2. The standard InChI is InChI=1S/C18H17N3O3/c1-20-10-13-11-21(7-6-12(13)8-17(20)22)18(23)9-16-19-14-4-2-3-5-15(14)24-16/h2-5,8,10H,6-7,9,11H2,1H3. The molecule has 0 bridgehead atoms. The van der Waals surface area contributed by atoms with Crippen LogP contribution in [-0.4, -0.2) is 26.9 Å². The van der Waals surface area contributed by atoms with Crippen LogP contribution in [0, 0.1) is 0 Å². The Balaban J connectivity index is 1.52. The molecule has 122 valence electrons. The first-order chi connectivity index (χ1) is 11.6. The van der Waals surface area contributed by atoms with Gasteiger partial charge in [-0.2, -0.15) is 0 Å². The van der Waals surface area contributed by atoms with E-state index in [0.717, 1.165) is 16.6 Å². The van der Waals surface area contributed by atoms with Crippen molar-refractivity contribution < 1.29 is 9.21 Å². The maximum absolute atomic E-state index is 12.6. The van der Waals surface area contributed by atoms with Gasteiger partial charge in [0.05, 0.1) is 0 Å². The summed E-state index contributed by atoms with van der Waals surface area (Å²) in [4.78, 5) is 30.4. The van der Waals surface area contributed by atoms with Gasteiger partial charge < -0.3 is 13.9 Å². The predicted octanol–water partition coefficient (Wildman–Crippen LogP) is 1.65. The normalized spacial score (nSPS) is 14.0. The molecule has 6 nitrogen and oxygen atoms in total. The van der Waals surface area contributed by atoms with E-state index in [1.807, 2.05) is 30.5 Å². The van der Waals surface area contributed by atoms with Crippen LogP contribution in [0.1, 0.15) is 17.0 Å². The highest BCUT2D eigenvalue weighted by atomic mass is 16.3. The van der Waals surface area contributed by atoms with Crippen molar-refractivity contribution in [2.24, 2.45) is 7.05 Å². The molecule has 0 atom stereocenters. The number of aryl methyl sites for hydroxylation is 1. The Hall–Kier alpha value is -2.89. The molecular weight excluding hydrogens is 306 g/mol. The Morgan fingerprint density at radius 2 is 2.12 bits per heavy atom. The number of hydrogen-bond acceptors (Lipinski definition) is 4. The predicted molar refractivity (Wildman–Crippen MR) is 88.5 cm³/mol. The lowest BCUT2D eigenvalue weighted by molar-refractivity contribution is -0.131. The molecule has 0 N–H and O–H groups in total. The van der Waals surface area contributed by atoms with Gasteiger partial charge in [-0.1, -0.05) is 12.1 Å². The number of hydrogen-bond donors (Lipinski definition) is 0. The lowest BCUT2D eigenvalue weighted by atomic mass is 10.0. The number of carbonyl (C=O) groups excluding carboxylic acids is 1. The lowest BCUT2D eigenvalue weighted by Gasteiger charge is -2.28. The number of benzene rings is 1. The summed E-state index contributed by atoms with van der Waals surface area (Å²) in [6.07, 6.45) is 2.66. The number of oxazole rings is 1. The summed E-state index contributed by atoms with van der Waals surface area (Å²) in [7, 11) is 1.72. The summed E-state index contributed by atoms with van der Waals surface area (Å²) >= 11 is 0. The van der Waals surface area contributed by atoms with Crippen molar-refractivity contribution in [2.45, 2.75) is 19.4 Å². The van der Waals surface area contributed by atoms with Crippen LogP contribution < -0.4 is 5.56 Å². The van der Waals surface area contributed by atoms with Crippen LogP contribution in [-0.2, 0) is 31.2 Å². The molecule has 0 saturated heterocycles. The molecule has 0 aliphatic carbocycles. The van der Waals surface area contributed by atoms with Gasteiger partial charge in [-0.15, -0.1) is 0 Å². The summed E-state index contributed by atoms with van der Waals surface area (Å²) in [5.74, 6) is 0.425. The second-order valence-corrected chi connectivity index (χ2v) is 6.09. The van der Waals surface area contributed by atoms with Crippen molar-refractivity contribution in [1.82, 2.24) is 14.5 Å². The van der Waals surface area contributed by atoms with Crippen molar-refractivity contribution in [3.05, 3.63) is 63.9 Å². The fourth-order valence-electron chi connectivity index (χ4n) is 3.09. The first kappa shape index (κ1) is 14.7. The highest BCUT2D eigenvalue weighted by Crippen LogP contribution is 2.19. The van der Waals surface area contributed by atoms with E-state index in [1.165, 1.54) is 0 Å². The molecule has 3 heterocycles. The molecule has 1 aromatic carbocycles. The van der Waals surface area contributed by atoms with Crippen LogP contribution in [0.5, 0.6) is 0 Å². The van der Waals surface area contributed by atoms with Gasteiger partial charge in [-0.3, -0.25) is 9.59 Å². The average molecular weight is 323 g/mol. The molecule has 0 saturated carbocycles. The molecule has 0 unspecified atom stereocenters. The van der Waals surface area contributed by atoms with E-state index in [2.05, 4.69) is 4.98 Å². The van der Waals surface area contributed by atoms with Gasteiger partial charge in [-0.05, 0) is 29.7 Å². The molecule has 1 amide bonds. The average Bonchev–Trinajstić information content (AvgIpc) is 2.97. The van der Waals surface area contributed by atoms with Gasteiger partial charge in [0.1, 0.15) is 11.9 Å². The fourth-order valence-corrected chi connectivity index (χ4v) is 3.09. The molecule has 0 radical (unpaired) electrons. The second kappa shape index (κ2) is 5.63. The first-order valence-electron chi connectivity index (χ1n) is 7.91. The number of amides is 1. The van der Waals surface area contributed by atoms with Crippen molar-refractivity contribution in [2.75, 3.05) is 6.54 Å². The molecule has 1 aliphatic rings. The molecule has 3 aromatic rings. The van der Waals surface area contributed by atoms with Crippen LogP contribution in [0.4, 0.5) is 0 Å². The number of aromatic nitrogens is 2. The molecule has 1 aliphatic heterocycles. The largest absolute Gasteiger partial charge is 0.440 e. The van der Waals surface area contributed by atoms with E-state index in [0.29, 0.717) is 31.0 Å². The first-order valence-corrected chi connectivity index (χ1v) is 7.91. The van der Waals surface area contributed by atoms with E-state index in [1.54, 1.807) is 22.6 Å². The molecule has 0 spiro atoms. The Kier molecular flexibility index (Phi) is 3.45. The Bertz CT molecular complexity index is 954. The fraction of sp³-hybridized carbons (Fsp3) is 0.278. The lowest BCUT2D eigenvalue weighted by Crippen LogP contribution is -2.38. The van der Waals surface area contributed by atoms with E-state index in [-0.39, 0.29) is 17.9 Å². The van der Waals surface area contributed by atoms with Crippen molar-refractivity contribution >= 4 is 17.0 Å². The third kappa shape index (κ3) is 2.60. The van der Waals surface area contributed by atoms with Gasteiger partial charge in [-0.25, -0.2) is 4.98 Å². The minimum absolute atomic E-state index is 0.0129. The number of pyridine rings is 1. The highest BCUT2D eigenvalue weighted by Gasteiger charge is 2.23. The smallest absolute Gasteiger partial charge is 0.250 e. The minimum atomic E-state index is -0.0139. The highest BCUT2D eigenvalue weighted by molar-refractivity contribution is 5.79. The van der Waals surface area contributed by atoms with E-state index in [9.17, 15) is 9.59 Å². The van der Waals surface area contributed by atoms with Crippen LogP contribution >= 0.6 is 0 Å². The Labute approximate surface area is 138 Å². The molecule has 0 fully saturated rings. The monoisotopic (exact) mass is 323 g/mol. The minimum Gasteiger partial charge on any atom is -0.440 e. The number of carbonyl (C=O) groups is 1. The van der Waals surface area contributed by atoms with Gasteiger partial charge >= 0.3 is 0 Å². The summed E-state index contributed by atoms with van der Waals surface area (Å²) in [5, 5.41) is 0. The van der Waals surface area contributed by atoms with Crippen LogP contribution in [0.3, 0.4) is 0 Å². The van der Waals surface area contributed by atoms with Crippen LogP contribution in [0.2, 0.25) is 0 Å². The van der Waals surface area contributed by atoms with Crippen molar-refractivity contribution in [3.8, 4) is 0 Å². The number of fused-ring (bicyclic) bond motifs is 2. The molecule has 2 aromatic heterocycles. The molecule has 6 heteroatoms. The summed E-state index contributed by atoms with van der Waals surface area (Å²) in [6, 6.07) is 9.14. The van der Waals surface area contributed by atoms with Crippen LogP contribution in [0.15, 0.2) is 45.7 Å². The zero-order valence-electron chi connectivity index (χ0n) is 13.4. The number of nitrogens with zero attached hydrogens (tertiary/aromatic N) is 3. The molecule has 4 rings (SSSR count). The van der Waals surface area contributed by atoms with E-state index in [4.69, 9.17) is 4.42 Å². The Morgan fingerprint density at radius 1 is 1.29 bits per heavy atom. The maximum Gasteiger partial charge on any atom is 0.250 e. The molecule has 24 heavy (non-hydrogen) atoms. The third-order valence-corrected chi connectivity index (χ3v) is 4.41. The zero-order chi connectivity index (χ0) is 16.7. The topological polar surface area (TPSA) is 68.3 Å². The van der Waals surface area contributed by atoms with E-state index >= 15 is 0 Å².